The minimum Gasteiger partial charge on any atom is -0.486 e. The number of imide groups is 1. The zero-order valence-corrected chi connectivity index (χ0v) is 16.1. The molecule has 1 saturated carbocycles. The van der Waals surface area contributed by atoms with Crippen molar-refractivity contribution in [3.63, 3.8) is 0 Å². The van der Waals surface area contributed by atoms with E-state index >= 15 is 0 Å². The largest absolute Gasteiger partial charge is 0.486 e. The minimum atomic E-state index is -0.212. The molecular formula is C21H26N2O5. The van der Waals surface area contributed by atoms with Crippen LogP contribution in [0, 0.1) is 11.8 Å². The average molecular weight is 386 g/mol. The van der Waals surface area contributed by atoms with Gasteiger partial charge in [-0.3, -0.25) is 19.3 Å². The molecule has 2 fully saturated rings. The van der Waals surface area contributed by atoms with Gasteiger partial charge < -0.3 is 14.8 Å². The van der Waals surface area contributed by atoms with Gasteiger partial charge in [-0.25, -0.2) is 0 Å². The van der Waals surface area contributed by atoms with Gasteiger partial charge in [0.15, 0.2) is 11.5 Å². The van der Waals surface area contributed by atoms with Crippen LogP contribution in [0.25, 0.3) is 0 Å². The molecule has 3 amide bonds. The number of nitrogens with zero attached hydrogens (tertiary/aromatic N) is 1. The van der Waals surface area contributed by atoms with E-state index in [0.29, 0.717) is 24.7 Å². The number of carbonyl (C=O) groups excluding carboxylic acids is 3. The van der Waals surface area contributed by atoms with E-state index in [2.05, 4.69) is 5.32 Å². The predicted octanol–water partition coefficient (Wildman–Crippen LogP) is 2.20. The fourth-order valence-electron chi connectivity index (χ4n) is 4.39. The van der Waals surface area contributed by atoms with E-state index in [1.165, 1.54) is 4.90 Å². The molecule has 7 heteroatoms. The lowest BCUT2D eigenvalue weighted by Crippen LogP contribution is -2.36. The fourth-order valence-corrected chi connectivity index (χ4v) is 4.39. The number of fused-ring (bicyclic) bond motifs is 2. The third kappa shape index (κ3) is 3.57. The maximum Gasteiger partial charge on any atom is 0.233 e. The quantitative estimate of drug-likeness (QED) is 0.784. The highest BCUT2D eigenvalue weighted by Crippen LogP contribution is 2.38. The van der Waals surface area contributed by atoms with Gasteiger partial charge in [-0.05, 0) is 37.5 Å². The molecule has 1 aromatic rings. The van der Waals surface area contributed by atoms with Crippen LogP contribution in [0.5, 0.6) is 11.5 Å². The first kappa shape index (κ1) is 18.8. The first-order chi connectivity index (χ1) is 13.5. The second kappa shape index (κ2) is 7.81. The first-order valence-electron chi connectivity index (χ1n) is 10.1. The molecule has 2 heterocycles. The summed E-state index contributed by atoms with van der Waals surface area (Å²) >= 11 is 0. The third-order valence-corrected chi connectivity index (χ3v) is 5.94. The highest BCUT2D eigenvalue weighted by atomic mass is 16.6. The Hall–Kier alpha value is -2.57. The number of nitrogens with one attached hydrogen (secondary N) is 1. The summed E-state index contributed by atoms with van der Waals surface area (Å²) in [6.45, 7) is 3.10. The number of likely N-dealkylation sites (tertiary alicyclic amines) is 1. The van der Waals surface area contributed by atoms with Gasteiger partial charge in [0.1, 0.15) is 13.2 Å². The van der Waals surface area contributed by atoms with Crippen molar-refractivity contribution in [3.05, 3.63) is 23.8 Å². The Balaban J connectivity index is 1.32. The Morgan fingerprint density at radius 1 is 1.11 bits per heavy atom. The van der Waals surface area contributed by atoms with E-state index in [-0.39, 0.29) is 48.6 Å². The SMILES string of the molecule is C[C@H](NC(=O)CCN1C(=O)[C@H]2CCCC[C@H]2C1=O)c1ccc2c(c1)OCCO2. The van der Waals surface area contributed by atoms with Crippen LogP contribution in [0.15, 0.2) is 18.2 Å². The van der Waals surface area contributed by atoms with Crippen molar-refractivity contribution in [3.8, 4) is 11.5 Å². The molecule has 1 aromatic carbocycles. The normalized spacial score (nSPS) is 24.7. The molecule has 0 spiro atoms. The number of ether oxygens (including phenoxy) is 2. The number of amides is 3. The summed E-state index contributed by atoms with van der Waals surface area (Å²) in [4.78, 5) is 38.7. The van der Waals surface area contributed by atoms with Gasteiger partial charge in [0, 0.05) is 13.0 Å². The molecule has 2 aliphatic heterocycles. The van der Waals surface area contributed by atoms with Crippen LogP contribution in [0.3, 0.4) is 0 Å². The van der Waals surface area contributed by atoms with Crippen molar-refractivity contribution in [2.75, 3.05) is 19.8 Å². The van der Waals surface area contributed by atoms with Gasteiger partial charge in [-0.15, -0.1) is 0 Å². The molecule has 1 aliphatic carbocycles. The number of benzene rings is 1. The maximum atomic E-state index is 12.5. The number of rotatable bonds is 5. The lowest BCUT2D eigenvalue weighted by atomic mass is 9.81. The van der Waals surface area contributed by atoms with Gasteiger partial charge in [0.25, 0.3) is 0 Å². The molecule has 4 rings (SSSR count). The second-order valence-corrected chi connectivity index (χ2v) is 7.77. The maximum absolute atomic E-state index is 12.5. The van der Waals surface area contributed by atoms with Crippen LogP contribution in [0.2, 0.25) is 0 Å². The van der Waals surface area contributed by atoms with Gasteiger partial charge in [0.2, 0.25) is 17.7 Å². The fraction of sp³-hybridized carbons (Fsp3) is 0.571. The van der Waals surface area contributed by atoms with Crippen molar-refractivity contribution in [2.24, 2.45) is 11.8 Å². The Labute approximate surface area is 164 Å². The first-order valence-corrected chi connectivity index (χ1v) is 10.1. The zero-order valence-electron chi connectivity index (χ0n) is 16.1. The van der Waals surface area contributed by atoms with Crippen molar-refractivity contribution in [2.45, 2.75) is 45.1 Å². The number of hydrogen-bond acceptors (Lipinski definition) is 5. The van der Waals surface area contributed by atoms with E-state index in [1.807, 2.05) is 25.1 Å². The summed E-state index contributed by atoms with van der Waals surface area (Å²) in [6.07, 6.45) is 3.70. The van der Waals surface area contributed by atoms with Gasteiger partial charge >= 0.3 is 0 Å². The van der Waals surface area contributed by atoms with Gasteiger partial charge in [0.05, 0.1) is 17.9 Å². The van der Waals surface area contributed by atoms with E-state index in [4.69, 9.17) is 9.47 Å². The molecule has 150 valence electrons. The highest BCUT2D eigenvalue weighted by molar-refractivity contribution is 6.05. The predicted molar refractivity (Wildman–Crippen MR) is 101 cm³/mol. The second-order valence-electron chi connectivity index (χ2n) is 7.77. The summed E-state index contributed by atoms with van der Waals surface area (Å²) in [5.41, 5.74) is 0.914. The monoisotopic (exact) mass is 386 g/mol. The standard InChI is InChI=1S/C21H26N2O5/c1-13(14-6-7-17-18(12-14)28-11-10-27-17)22-19(24)8-9-23-20(25)15-4-2-3-5-16(15)21(23)26/h6-7,12-13,15-16H,2-5,8-11H2,1H3,(H,22,24)/t13-,15-,16+/m0/s1. The molecule has 0 aromatic heterocycles. The lowest BCUT2D eigenvalue weighted by molar-refractivity contribution is -0.140. The lowest BCUT2D eigenvalue weighted by Gasteiger charge is -2.21. The molecule has 28 heavy (non-hydrogen) atoms. The molecule has 7 nitrogen and oxygen atoms in total. The minimum absolute atomic E-state index is 0.0950. The summed E-state index contributed by atoms with van der Waals surface area (Å²) < 4.78 is 11.1. The number of carbonyl (C=O) groups is 3. The van der Waals surface area contributed by atoms with Crippen LogP contribution >= 0.6 is 0 Å². The van der Waals surface area contributed by atoms with Crippen LogP contribution < -0.4 is 14.8 Å². The van der Waals surface area contributed by atoms with Crippen molar-refractivity contribution >= 4 is 17.7 Å². The molecule has 1 N–H and O–H groups in total. The Bertz CT molecular complexity index is 769. The zero-order chi connectivity index (χ0) is 19.7. The van der Waals surface area contributed by atoms with Crippen LogP contribution in [0.1, 0.15) is 50.6 Å². The van der Waals surface area contributed by atoms with Gasteiger partial charge in [-0.2, -0.15) is 0 Å². The summed E-state index contributed by atoms with van der Waals surface area (Å²) in [5, 5.41) is 2.93. The highest BCUT2D eigenvalue weighted by Gasteiger charge is 2.47. The van der Waals surface area contributed by atoms with Crippen LogP contribution in [0.4, 0.5) is 0 Å². The Kier molecular flexibility index (Phi) is 5.24. The van der Waals surface area contributed by atoms with Crippen LogP contribution in [-0.4, -0.2) is 42.4 Å². The van der Waals surface area contributed by atoms with E-state index in [0.717, 1.165) is 31.2 Å². The molecule has 0 bridgehead atoms. The molecule has 0 unspecified atom stereocenters. The van der Waals surface area contributed by atoms with E-state index in [1.54, 1.807) is 0 Å². The van der Waals surface area contributed by atoms with Crippen molar-refractivity contribution < 1.29 is 23.9 Å². The molecular weight excluding hydrogens is 360 g/mol. The van der Waals surface area contributed by atoms with E-state index < -0.39 is 0 Å². The van der Waals surface area contributed by atoms with Crippen molar-refractivity contribution in [1.82, 2.24) is 10.2 Å². The molecule has 3 atom stereocenters. The smallest absolute Gasteiger partial charge is 0.233 e. The van der Waals surface area contributed by atoms with Gasteiger partial charge in [-0.1, -0.05) is 18.9 Å². The molecule has 1 saturated heterocycles. The topological polar surface area (TPSA) is 84.9 Å². The number of hydrogen-bond donors (Lipinski definition) is 1. The molecule has 0 radical (unpaired) electrons. The summed E-state index contributed by atoms with van der Waals surface area (Å²) in [7, 11) is 0. The summed E-state index contributed by atoms with van der Waals surface area (Å²) in [5.74, 6) is 0.686. The Morgan fingerprint density at radius 3 is 2.43 bits per heavy atom. The van der Waals surface area contributed by atoms with E-state index in [9.17, 15) is 14.4 Å². The third-order valence-electron chi connectivity index (χ3n) is 5.94. The van der Waals surface area contributed by atoms with Crippen molar-refractivity contribution in [1.29, 1.82) is 0 Å². The molecule has 3 aliphatic rings. The van der Waals surface area contributed by atoms with Crippen LogP contribution in [-0.2, 0) is 14.4 Å². The average Bonchev–Trinajstić information content (AvgIpc) is 2.96. The Morgan fingerprint density at radius 2 is 1.75 bits per heavy atom. The summed E-state index contributed by atoms with van der Waals surface area (Å²) in [6, 6.07) is 5.40.